The van der Waals surface area contributed by atoms with Gasteiger partial charge in [-0.25, -0.2) is 0 Å². The van der Waals surface area contributed by atoms with E-state index in [0.29, 0.717) is 0 Å². The van der Waals surface area contributed by atoms with Crippen LogP contribution in [0.1, 0.15) is 54.4 Å². The Morgan fingerprint density at radius 3 is 2.62 bits per heavy atom. The number of hydrogen-bond donors (Lipinski definition) is 1. The van der Waals surface area contributed by atoms with Gasteiger partial charge in [-0.1, -0.05) is 26.0 Å². The van der Waals surface area contributed by atoms with E-state index in [2.05, 4.69) is 63.5 Å². The molecule has 0 bridgehead atoms. The number of hydrogen-bond acceptors (Lipinski definition) is 1. The molecule has 2 N–H and O–H groups in total. The van der Waals surface area contributed by atoms with Gasteiger partial charge in [-0.15, -0.1) is 0 Å². The fourth-order valence-electron chi connectivity index (χ4n) is 3.76. The minimum Gasteiger partial charge on any atom is -0.324 e. The molecule has 0 saturated carbocycles. The molecule has 2 heteroatoms. The van der Waals surface area contributed by atoms with Gasteiger partial charge >= 0.3 is 0 Å². The number of rotatable bonds is 1. The van der Waals surface area contributed by atoms with E-state index in [1.807, 2.05) is 0 Å². The highest BCUT2D eigenvalue weighted by Gasteiger charge is 2.33. The van der Waals surface area contributed by atoms with Crippen molar-refractivity contribution < 1.29 is 0 Å². The Kier molecular flexibility index (Phi) is 3.25. The SMILES string of the molecule is Cc1cccc(-n2c(C)cc3c2CC(C)(C)CC3N)c1C. The first-order chi connectivity index (χ1) is 9.80. The maximum atomic E-state index is 6.44. The molecule has 2 aromatic rings. The third-order valence-corrected chi connectivity index (χ3v) is 4.96. The van der Waals surface area contributed by atoms with Crippen molar-refractivity contribution in [1.29, 1.82) is 0 Å². The van der Waals surface area contributed by atoms with Crippen molar-refractivity contribution in [3.05, 3.63) is 52.3 Å². The molecule has 1 atom stereocenters. The predicted molar refractivity (Wildman–Crippen MR) is 89.0 cm³/mol. The van der Waals surface area contributed by atoms with Gasteiger partial charge in [0.15, 0.2) is 0 Å². The van der Waals surface area contributed by atoms with Gasteiger partial charge in [-0.3, -0.25) is 0 Å². The molecule has 1 aromatic carbocycles. The maximum absolute atomic E-state index is 6.44. The minimum absolute atomic E-state index is 0.161. The molecule has 1 unspecified atom stereocenters. The standard InChI is InChI=1S/C19H26N2/c1-12-7-6-8-17(14(12)3)21-13(2)9-15-16(20)10-19(4,5)11-18(15)21/h6-9,16H,10-11,20H2,1-5H3. The van der Waals surface area contributed by atoms with Gasteiger partial charge in [0, 0.05) is 23.1 Å². The van der Waals surface area contributed by atoms with Gasteiger partial charge in [0.25, 0.3) is 0 Å². The molecule has 0 amide bonds. The topological polar surface area (TPSA) is 30.9 Å². The number of benzene rings is 1. The molecule has 0 fully saturated rings. The van der Waals surface area contributed by atoms with E-state index in [1.54, 1.807) is 0 Å². The molecule has 112 valence electrons. The first-order valence-electron chi connectivity index (χ1n) is 7.83. The lowest BCUT2D eigenvalue weighted by Crippen LogP contribution is -2.30. The number of fused-ring (bicyclic) bond motifs is 1. The number of nitrogens with zero attached hydrogens (tertiary/aromatic N) is 1. The van der Waals surface area contributed by atoms with Gasteiger partial charge in [-0.05, 0) is 67.9 Å². The van der Waals surface area contributed by atoms with Gasteiger partial charge in [0.2, 0.25) is 0 Å². The van der Waals surface area contributed by atoms with Crippen LogP contribution in [0, 0.1) is 26.2 Å². The summed E-state index contributed by atoms with van der Waals surface area (Å²) in [6.07, 6.45) is 2.16. The van der Waals surface area contributed by atoms with Crippen LogP contribution in [0.4, 0.5) is 0 Å². The summed E-state index contributed by atoms with van der Waals surface area (Å²) < 4.78 is 2.43. The number of aryl methyl sites for hydroxylation is 2. The lowest BCUT2D eigenvalue weighted by atomic mass is 9.74. The van der Waals surface area contributed by atoms with Crippen molar-refractivity contribution in [3.63, 3.8) is 0 Å². The summed E-state index contributed by atoms with van der Waals surface area (Å²) in [5.74, 6) is 0. The summed E-state index contributed by atoms with van der Waals surface area (Å²) in [5, 5.41) is 0. The average Bonchev–Trinajstić information content (AvgIpc) is 2.69. The Hall–Kier alpha value is -1.54. The zero-order valence-corrected chi connectivity index (χ0v) is 13.8. The first kappa shape index (κ1) is 14.4. The average molecular weight is 282 g/mol. The number of nitrogens with two attached hydrogens (primary N) is 1. The Morgan fingerprint density at radius 1 is 1.19 bits per heavy atom. The van der Waals surface area contributed by atoms with Crippen molar-refractivity contribution in [2.45, 2.75) is 53.5 Å². The van der Waals surface area contributed by atoms with E-state index in [1.165, 1.54) is 33.8 Å². The van der Waals surface area contributed by atoms with E-state index >= 15 is 0 Å². The van der Waals surface area contributed by atoms with Crippen molar-refractivity contribution in [3.8, 4) is 5.69 Å². The van der Waals surface area contributed by atoms with Crippen molar-refractivity contribution in [2.75, 3.05) is 0 Å². The molecule has 1 aliphatic carbocycles. The molecular formula is C19H26N2. The van der Waals surface area contributed by atoms with E-state index in [4.69, 9.17) is 5.73 Å². The predicted octanol–water partition coefficient (Wildman–Crippen LogP) is 4.37. The smallest absolute Gasteiger partial charge is 0.0486 e. The first-order valence-corrected chi connectivity index (χ1v) is 7.83. The molecule has 3 rings (SSSR count). The van der Waals surface area contributed by atoms with E-state index in [-0.39, 0.29) is 11.5 Å². The lowest BCUT2D eigenvalue weighted by Gasteiger charge is -2.34. The normalized spacial score (nSPS) is 20.4. The summed E-state index contributed by atoms with van der Waals surface area (Å²) in [6, 6.07) is 9.01. The van der Waals surface area contributed by atoms with Gasteiger partial charge in [-0.2, -0.15) is 0 Å². The molecule has 1 heterocycles. The fourth-order valence-corrected chi connectivity index (χ4v) is 3.76. The minimum atomic E-state index is 0.161. The highest BCUT2D eigenvalue weighted by Crippen LogP contribution is 2.42. The second-order valence-corrected chi connectivity index (χ2v) is 7.39. The van der Waals surface area contributed by atoms with Crippen molar-refractivity contribution in [1.82, 2.24) is 4.57 Å². The van der Waals surface area contributed by atoms with Crippen LogP contribution >= 0.6 is 0 Å². The number of aromatic nitrogens is 1. The maximum Gasteiger partial charge on any atom is 0.0486 e. The Labute approximate surface area is 128 Å². The summed E-state index contributed by atoms with van der Waals surface area (Å²) in [6.45, 7) is 11.2. The van der Waals surface area contributed by atoms with Gasteiger partial charge in [0.05, 0.1) is 0 Å². The molecule has 0 radical (unpaired) electrons. The largest absolute Gasteiger partial charge is 0.324 e. The molecule has 0 spiro atoms. The summed E-state index contributed by atoms with van der Waals surface area (Å²) in [7, 11) is 0. The van der Waals surface area contributed by atoms with Gasteiger partial charge < -0.3 is 10.3 Å². The molecule has 0 saturated heterocycles. The molecule has 21 heavy (non-hydrogen) atoms. The third-order valence-electron chi connectivity index (χ3n) is 4.96. The highest BCUT2D eigenvalue weighted by molar-refractivity contribution is 5.50. The molecule has 1 aliphatic rings. The van der Waals surface area contributed by atoms with Crippen molar-refractivity contribution in [2.24, 2.45) is 11.1 Å². The van der Waals surface area contributed by atoms with Crippen molar-refractivity contribution >= 4 is 0 Å². The Bertz CT molecular complexity index is 692. The monoisotopic (exact) mass is 282 g/mol. The second kappa shape index (κ2) is 4.74. The zero-order chi connectivity index (χ0) is 15.4. The summed E-state index contributed by atoms with van der Waals surface area (Å²) in [4.78, 5) is 0. The van der Waals surface area contributed by atoms with E-state index in [9.17, 15) is 0 Å². The Balaban J connectivity index is 2.24. The summed E-state index contributed by atoms with van der Waals surface area (Å²) >= 11 is 0. The fraction of sp³-hybridized carbons (Fsp3) is 0.474. The van der Waals surface area contributed by atoms with Crippen LogP contribution in [0.3, 0.4) is 0 Å². The Morgan fingerprint density at radius 2 is 1.90 bits per heavy atom. The third kappa shape index (κ3) is 2.32. The molecule has 1 aromatic heterocycles. The highest BCUT2D eigenvalue weighted by atomic mass is 15.0. The molecule has 0 aliphatic heterocycles. The van der Waals surface area contributed by atoms with Gasteiger partial charge in [0.1, 0.15) is 0 Å². The van der Waals surface area contributed by atoms with Crippen LogP contribution in [0.25, 0.3) is 5.69 Å². The quantitative estimate of drug-likeness (QED) is 0.827. The van der Waals surface area contributed by atoms with Crippen LogP contribution in [-0.4, -0.2) is 4.57 Å². The van der Waals surface area contributed by atoms with Crippen LogP contribution in [-0.2, 0) is 6.42 Å². The van der Waals surface area contributed by atoms with E-state index in [0.717, 1.165) is 12.8 Å². The molecule has 2 nitrogen and oxygen atoms in total. The van der Waals surface area contributed by atoms with Crippen LogP contribution in [0.2, 0.25) is 0 Å². The second-order valence-electron chi connectivity index (χ2n) is 7.39. The van der Waals surface area contributed by atoms with Crippen LogP contribution < -0.4 is 5.73 Å². The van der Waals surface area contributed by atoms with Crippen LogP contribution in [0.15, 0.2) is 24.3 Å². The molecular weight excluding hydrogens is 256 g/mol. The lowest BCUT2D eigenvalue weighted by molar-refractivity contribution is 0.278. The van der Waals surface area contributed by atoms with Crippen LogP contribution in [0.5, 0.6) is 0 Å². The zero-order valence-electron chi connectivity index (χ0n) is 13.8. The van der Waals surface area contributed by atoms with E-state index < -0.39 is 0 Å². The summed E-state index contributed by atoms with van der Waals surface area (Å²) in [5.41, 5.74) is 14.8.